The molecule has 2 amide bonds. The van der Waals surface area contributed by atoms with Crippen LogP contribution in [0, 0.1) is 6.92 Å². The molecule has 1 unspecified atom stereocenters. The molecule has 0 saturated heterocycles. The van der Waals surface area contributed by atoms with Crippen LogP contribution in [0.4, 0.5) is 5.82 Å². The average molecular weight is 382 g/mol. The van der Waals surface area contributed by atoms with E-state index in [0.717, 1.165) is 5.56 Å². The summed E-state index contributed by atoms with van der Waals surface area (Å²) in [5.41, 5.74) is 0.965. The highest BCUT2D eigenvalue weighted by Gasteiger charge is 2.18. The van der Waals surface area contributed by atoms with Crippen LogP contribution in [0.2, 0.25) is 5.02 Å². The maximum atomic E-state index is 12.3. The van der Waals surface area contributed by atoms with E-state index in [9.17, 15) is 9.59 Å². The molecule has 0 bridgehead atoms. The minimum Gasteiger partial charge on any atom is -0.360 e. The number of hydrogen-bond acceptors (Lipinski definition) is 5. The van der Waals surface area contributed by atoms with Gasteiger partial charge in [-0.2, -0.15) is 0 Å². The Kier molecular flexibility index (Phi) is 6.90. The van der Waals surface area contributed by atoms with Crippen LogP contribution < -0.4 is 5.32 Å². The number of benzene rings is 1. The molecule has 0 fully saturated rings. The van der Waals surface area contributed by atoms with Crippen molar-refractivity contribution in [2.24, 2.45) is 0 Å². The van der Waals surface area contributed by atoms with Crippen molar-refractivity contribution in [3.8, 4) is 0 Å². The third-order valence-electron chi connectivity index (χ3n) is 3.66. The second-order valence-electron chi connectivity index (χ2n) is 5.60. The van der Waals surface area contributed by atoms with Crippen LogP contribution in [0.3, 0.4) is 0 Å². The molecule has 0 spiro atoms. The lowest BCUT2D eigenvalue weighted by Crippen LogP contribution is -2.31. The number of halogens is 1. The lowest BCUT2D eigenvalue weighted by Gasteiger charge is -2.25. The third kappa shape index (κ3) is 5.79. The summed E-state index contributed by atoms with van der Waals surface area (Å²) >= 11 is 7.25. The van der Waals surface area contributed by atoms with Gasteiger partial charge < -0.3 is 14.7 Å². The van der Waals surface area contributed by atoms with Crippen LogP contribution in [0.25, 0.3) is 0 Å². The standard InChI is InChI=1S/C17H20ClN3O3S/c1-11-7-15(20-24-11)19-16(22)9-25-10-17(23)21(3)12(2)13-5-4-6-14(18)8-13/h4-8,12H,9-10H2,1-3H3,(H,19,20,22). The Morgan fingerprint density at radius 2 is 2.12 bits per heavy atom. The van der Waals surface area contributed by atoms with Crippen LogP contribution in [0.15, 0.2) is 34.9 Å². The van der Waals surface area contributed by atoms with Gasteiger partial charge in [0, 0.05) is 18.1 Å². The maximum Gasteiger partial charge on any atom is 0.235 e. The lowest BCUT2D eigenvalue weighted by atomic mass is 10.1. The van der Waals surface area contributed by atoms with Gasteiger partial charge in [0.15, 0.2) is 5.82 Å². The molecule has 2 aromatic rings. The molecule has 0 saturated carbocycles. The Balaban J connectivity index is 1.78. The molecule has 1 aromatic carbocycles. The lowest BCUT2D eigenvalue weighted by molar-refractivity contribution is -0.128. The van der Waals surface area contributed by atoms with Crippen molar-refractivity contribution in [1.82, 2.24) is 10.1 Å². The Hall–Kier alpha value is -1.99. The highest BCUT2D eigenvalue weighted by atomic mass is 35.5. The van der Waals surface area contributed by atoms with Crippen LogP contribution in [-0.2, 0) is 9.59 Å². The Morgan fingerprint density at radius 1 is 1.36 bits per heavy atom. The smallest absolute Gasteiger partial charge is 0.235 e. The highest BCUT2D eigenvalue weighted by molar-refractivity contribution is 8.00. The summed E-state index contributed by atoms with van der Waals surface area (Å²) in [6.45, 7) is 3.68. The third-order valence-corrected chi connectivity index (χ3v) is 4.81. The van der Waals surface area contributed by atoms with E-state index in [1.54, 1.807) is 31.0 Å². The molecule has 2 rings (SSSR count). The van der Waals surface area contributed by atoms with Crippen LogP contribution in [0.1, 0.15) is 24.3 Å². The molecule has 134 valence electrons. The first kappa shape index (κ1) is 19.3. The number of hydrogen-bond donors (Lipinski definition) is 1. The summed E-state index contributed by atoms with van der Waals surface area (Å²) < 4.78 is 4.87. The van der Waals surface area contributed by atoms with Gasteiger partial charge in [-0.3, -0.25) is 9.59 Å². The number of aromatic nitrogens is 1. The fourth-order valence-corrected chi connectivity index (χ4v) is 3.08. The van der Waals surface area contributed by atoms with Crippen molar-refractivity contribution in [1.29, 1.82) is 0 Å². The molecule has 25 heavy (non-hydrogen) atoms. The van der Waals surface area contributed by atoms with E-state index in [1.807, 2.05) is 25.1 Å². The van der Waals surface area contributed by atoms with E-state index < -0.39 is 0 Å². The van der Waals surface area contributed by atoms with Crippen LogP contribution in [0.5, 0.6) is 0 Å². The number of rotatable bonds is 7. The van der Waals surface area contributed by atoms with E-state index in [0.29, 0.717) is 16.6 Å². The number of amides is 2. The topological polar surface area (TPSA) is 75.4 Å². The number of carbonyl (C=O) groups excluding carboxylic acids is 2. The molecule has 1 heterocycles. The zero-order valence-electron chi connectivity index (χ0n) is 14.3. The largest absolute Gasteiger partial charge is 0.360 e. The van der Waals surface area contributed by atoms with Gasteiger partial charge in [0.25, 0.3) is 0 Å². The van der Waals surface area contributed by atoms with Gasteiger partial charge in [0.1, 0.15) is 5.76 Å². The number of aryl methyl sites for hydroxylation is 1. The highest BCUT2D eigenvalue weighted by Crippen LogP contribution is 2.22. The van der Waals surface area contributed by atoms with Crippen molar-refractivity contribution in [3.05, 3.63) is 46.7 Å². The summed E-state index contributed by atoms with van der Waals surface area (Å²) in [5.74, 6) is 1.10. The monoisotopic (exact) mass is 381 g/mol. The molecule has 1 aromatic heterocycles. The number of thioether (sulfide) groups is 1. The Labute approximate surface area is 155 Å². The average Bonchev–Trinajstić information content (AvgIpc) is 2.98. The van der Waals surface area contributed by atoms with Crippen molar-refractivity contribution in [2.45, 2.75) is 19.9 Å². The molecule has 8 heteroatoms. The van der Waals surface area contributed by atoms with Gasteiger partial charge in [-0.05, 0) is 31.5 Å². The predicted octanol–water partition coefficient (Wildman–Crippen LogP) is 3.53. The first-order chi connectivity index (χ1) is 11.9. The maximum absolute atomic E-state index is 12.3. The minimum atomic E-state index is -0.225. The summed E-state index contributed by atoms with van der Waals surface area (Å²) in [6.07, 6.45) is 0. The quantitative estimate of drug-likeness (QED) is 0.794. The van der Waals surface area contributed by atoms with Gasteiger partial charge in [0.05, 0.1) is 17.5 Å². The van der Waals surface area contributed by atoms with E-state index in [2.05, 4.69) is 10.5 Å². The minimum absolute atomic E-state index is 0.0532. The number of anilines is 1. The van der Waals surface area contributed by atoms with Crippen molar-refractivity contribution >= 4 is 41.0 Å². The molecular weight excluding hydrogens is 362 g/mol. The predicted molar refractivity (Wildman–Crippen MR) is 99.8 cm³/mol. The molecular formula is C17H20ClN3O3S. The number of nitrogens with one attached hydrogen (secondary N) is 1. The zero-order chi connectivity index (χ0) is 18.4. The van der Waals surface area contributed by atoms with Gasteiger partial charge >= 0.3 is 0 Å². The number of nitrogens with zero attached hydrogens (tertiary/aromatic N) is 2. The summed E-state index contributed by atoms with van der Waals surface area (Å²) in [5, 5.41) is 6.94. The van der Waals surface area contributed by atoms with Gasteiger partial charge in [-0.1, -0.05) is 28.9 Å². The van der Waals surface area contributed by atoms with E-state index in [1.165, 1.54) is 11.8 Å². The molecule has 1 N–H and O–H groups in total. The van der Waals surface area contributed by atoms with Crippen molar-refractivity contribution in [3.63, 3.8) is 0 Å². The second-order valence-corrected chi connectivity index (χ2v) is 7.02. The fourth-order valence-electron chi connectivity index (χ4n) is 2.14. The van der Waals surface area contributed by atoms with Gasteiger partial charge in [-0.25, -0.2) is 0 Å². The van der Waals surface area contributed by atoms with E-state index in [-0.39, 0.29) is 29.4 Å². The Bertz CT molecular complexity index is 750. The van der Waals surface area contributed by atoms with Crippen molar-refractivity contribution < 1.29 is 14.1 Å². The first-order valence-corrected chi connectivity index (χ1v) is 9.22. The molecule has 0 aliphatic rings. The summed E-state index contributed by atoms with van der Waals surface area (Å²) in [7, 11) is 1.74. The first-order valence-electron chi connectivity index (χ1n) is 7.69. The Morgan fingerprint density at radius 3 is 2.76 bits per heavy atom. The van der Waals surface area contributed by atoms with E-state index in [4.69, 9.17) is 16.1 Å². The number of carbonyl (C=O) groups is 2. The fraction of sp³-hybridized carbons (Fsp3) is 0.353. The van der Waals surface area contributed by atoms with Gasteiger partial charge in [0.2, 0.25) is 11.8 Å². The molecule has 0 aliphatic carbocycles. The molecule has 1 atom stereocenters. The molecule has 0 aliphatic heterocycles. The summed E-state index contributed by atoms with van der Waals surface area (Å²) in [4.78, 5) is 25.8. The van der Waals surface area contributed by atoms with Crippen molar-refractivity contribution in [2.75, 3.05) is 23.9 Å². The van der Waals surface area contributed by atoms with Gasteiger partial charge in [-0.15, -0.1) is 11.8 Å². The normalized spacial score (nSPS) is 11.8. The zero-order valence-corrected chi connectivity index (χ0v) is 15.9. The second kappa shape index (κ2) is 8.92. The van der Waals surface area contributed by atoms with E-state index >= 15 is 0 Å². The molecule has 0 radical (unpaired) electrons. The summed E-state index contributed by atoms with van der Waals surface area (Å²) in [6, 6.07) is 8.96. The van der Waals surface area contributed by atoms with Crippen LogP contribution in [-0.4, -0.2) is 40.4 Å². The van der Waals surface area contributed by atoms with Crippen LogP contribution >= 0.6 is 23.4 Å². The SMILES string of the molecule is Cc1cc(NC(=O)CSCC(=O)N(C)C(C)c2cccc(Cl)c2)no1. The molecule has 6 nitrogen and oxygen atoms in total.